The van der Waals surface area contributed by atoms with Gasteiger partial charge in [0.2, 0.25) is 0 Å². The molecule has 0 spiro atoms. The Morgan fingerprint density at radius 3 is 2.37 bits per heavy atom. The van der Waals surface area contributed by atoms with Crippen molar-refractivity contribution in [3.05, 3.63) is 34.9 Å². The van der Waals surface area contributed by atoms with Crippen molar-refractivity contribution >= 4 is 5.91 Å². The summed E-state index contributed by atoms with van der Waals surface area (Å²) in [5.74, 6) is -0.251. The first-order valence-electron chi connectivity index (χ1n) is 6.66. The Balaban J connectivity index is 2.90. The lowest BCUT2D eigenvalue weighted by atomic mass is 9.85. The summed E-state index contributed by atoms with van der Waals surface area (Å²) in [5, 5.41) is 9.30. The number of hydrogen-bond acceptors (Lipinski definition) is 2. The number of likely N-dealkylation sites (N-methyl/N-ethyl adjacent to an activating group) is 1. The lowest BCUT2D eigenvalue weighted by Gasteiger charge is -2.23. The molecule has 1 N–H and O–H groups in total. The summed E-state index contributed by atoms with van der Waals surface area (Å²) in [4.78, 5) is 13.2. The summed E-state index contributed by atoms with van der Waals surface area (Å²) in [6, 6.07) is 6.36. The number of carbonyl (C=O) groups is 1. The van der Waals surface area contributed by atoms with Crippen LogP contribution in [0.1, 0.15) is 44.4 Å². The van der Waals surface area contributed by atoms with Crippen LogP contribution in [0.4, 0.5) is 0 Å². The van der Waals surface area contributed by atoms with Crippen LogP contribution in [0, 0.1) is 6.92 Å². The first kappa shape index (κ1) is 15.7. The van der Waals surface area contributed by atoms with Crippen LogP contribution in [-0.2, 0) is 16.8 Å². The highest BCUT2D eigenvalue weighted by molar-refractivity contribution is 5.79. The molecule has 1 aromatic rings. The minimum atomic E-state index is -0.945. The Kier molecular flexibility index (Phi) is 4.75. The number of rotatable bonds is 3. The quantitative estimate of drug-likeness (QED) is 0.910. The van der Waals surface area contributed by atoms with E-state index in [1.807, 2.05) is 0 Å². The standard InChI is InChI=1S/C16H25NO2/c1-11-9-14(16(3,4)5)8-7-13(11)10-17(6)15(19)12(2)18/h7-9,12,18H,10H2,1-6H3. The molecule has 1 aromatic carbocycles. The highest BCUT2D eigenvalue weighted by Gasteiger charge is 2.17. The number of aryl methyl sites for hydroxylation is 1. The molecule has 0 bridgehead atoms. The van der Waals surface area contributed by atoms with Crippen LogP contribution in [-0.4, -0.2) is 29.1 Å². The number of hydrogen-bond donors (Lipinski definition) is 1. The highest BCUT2D eigenvalue weighted by Crippen LogP contribution is 2.24. The molecular formula is C16H25NO2. The van der Waals surface area contributed by atoms with Gasteiger partial charge in [0.25, 0.3) is 5.91 Å². The predicted molar refractivity (Wildman–Crippen MR) is 78.0 cm³/mol. The smallest absolute Gasteiger partial charge is 0.251 e. The van der Waals surface area contributed by atoms with Crippen molar-refractivity contribution in [2.45, 2.75) is 52.7 Å². The maximum absolute atomic E-state index is 11.7. The Morgan fingerprint density at radius 2 is 1.95 bits per heavy atom. The van der Waals surface area contributed by atoms with Gasteiger partial charge < -0.3 is 10.0 Å². The second kappa shape index (κ2) is 5.74. The van der Waals surface area contributed by atoms with Crippen molar-refractivity contribution in [2.75, 3.05) is 7.05 Å². The SMILES string of the molecule is Cc1cc(C(C)(C)C)ccc1CN(C)C(=O)C(C)O. The zero-order valence-corrected chi connectivity index (χ0v) is 12.8. The van der Waals surface area contributed by atoms with E-state index in [-0.39, 0.29) is 11.3 Å². The normalized spacial score (nSPS) is 13.2. The summed E-state index contributed by atoms with van der Waals surface area (Å²) in [7, 11) is 1.71. The maximum atomic E-state index is 11.7. The molecule has 1 atom stereocenters. The van der Waals surface area contributed by atoms with Gasteiger partial charge in [-0.1, -0.05) is 39.0 Å². The summed E-state index contributed by atoms with van der Waals surface area (Å²) in [6.45, 7) is 10.6. The van der Waals surface area contributed by atoms with E-state index in [9.17, 15) is 9.90 Å². The number of carbonyl (C=O) groups excluding carboxylic acids is 1. The highest BCUT2D eigenvalue weighted by atomic mass is 16.3. The fourth-order valence-electron chi connectivity index (χ4n) is 1.99. The number of aliphatic hydroxyl groups is 1. The number of amides is 1. The first-order valence-corrected chi connectivity index (χ1v) is 6.66. The van der Waals surface area contributed by atoms with E-state index in [0.717, 1.165) is 5.56 Å². The van der Waals surface area contributed by atoms with Gasteiger partial charge in [-0.25, -0.2) is 0 Å². The Hall–Kier alpha value is -1.35. The van der Waals surface area contributed by atoms with Crippen molar-refractivity contribution in [1.29, 1.82) is 0 Å². The van der Waals surface area contributed by atoms with E-state index < -0.39 is 6.10 Å². The van der Waals surface area contributed by atoms with Crippen molar-refractivity contribution in [3.8, 4) is 0 Å². The molecule has 0 radical (unpaired) electrons. The molecule has 1 rings (SSSR count). The zero-order valence-electron chi connectivity index (χ0n) is 12.8. The second-order valence-electron chi connectivity index (χ2n) is 6.26. The van der Waals surface area contributed by atoms with Gasteiger partial charge in [0.05, 0.1) is 0 Å². The lowest BCUT2D eigenvalue weighted by molar-refractivity contribution is -0.138. The van der Waals surface area contributed by atoms with Gasteiger partial charge in [-0.2, -0.15) is 0 Å². The minimum absolute atomic E-state index is 0.130. The number of nitrogens with zero attached hydrogens (tertiary/aromatic N) is 1. The van der Waals surface area contributed by atoms with Gasteiger partial charge in [0, 0.05) is 13.6 Å². The molecule has 0 aliphatic heterocycles. The third-order valence-electron chi connectivity index (χ3n) is 3.35. The van der Waals surface area contributed by atoms with Crippen LogP contribution in [0.3, 0.4) is 0 Å². The van der Waals surface area contributed by atoms with Crippen molar-refractivity contribution in [2.24, 2.45) is 0 Å². The summed E-state index contributed by atoms with van der Waals surface area (Å²) in [5.41, 5.74) is 3.71. The largest absolute Gasteiger partial charge is 0.384 e. The molecule has 0 saturated heterocycles. The monoisotopic (exact) mass is 263 g/mol. The molecule has 19 heavy (non-hydrogen) atoms. The molecule has 0 aliphatic rings. The van der Waals surface area contributed by atoms with Crippen molar-refractivity contribution in [1.82, 2.24) is 4.90 Å². The molecule has 0 aromatic heterocycles. The summed E-state index contributed by atoms with van der Waals surface area (Å²) >= 11 is 0. The molecule has 0 saturated carbocycles. The Morgan fingerprint density at radius 1 is 1.37 bits per heavy atom. The van der Waals surface area contributed by atoms with Gasteiger partial charge >= 0.3 is 0 Å². The van der Waals surface area contributed by atoms with Crippen LogP contribution in [0.2, 0.25) is 0 Å². The van der Waals surface area contributed by atoms with Gasteiger partial charge in [0.15, 0.2) is 0 Å². The van der Waals surface area contributed by atoms with E-state index in [4.69, 9.17) is 0 Å². The fraction of sp³-hybridized carbons (Fsp3) is 0.562. The molecule has 3 nitrogen and oxygen atoms in total. The van der Waals surface area contributed by atoms with Crippen LogP contribution in [0.25, 0.3) is 0 Å². The minimum Gasteiger partial charge on any atom is -0.384 e. The molecular weight excluding hydrogens is 238 g/mol. The van der Waals surface area contributed by atoms with E-state index >= 15 is 0 Å². The molecule has 106 valence electrons. The Bertz CT molecular complexity index is 458. The zero-order chi connectivity index (χ0) is 14.8. The van der Waals surface area contributed by atoms with E-state index in [1.165, 1.54) is 18.1 Å². The van der Waals surface area contributed by atoms with Gasteiger partial charge in [-0.05, 0) is 36.0 Å². The van der Waals surface area contributed by atoms with Crippen LogP contribution < -0.4 is 0 Å². The lowest BCUT2D eigenvalue weighted by Crippen LogP contribution is -2.34. The first-order chi connectivity index (χ1) is 8.62. The van der Waals surface area contributed by atoms with Gasteiger partial charge in [-0.15, -0.1) is 0 Å². The van der Waals surface area contributed by atoms with Crippen LogP contribution >= 0.6 is 0 Å². The molecule has 3 heteroatoms. The van der Waals surface area contributed by atoms with E-state index in [1.54, 1.807) is 11.9 Å². The maximum Gasteiger partial charge on any atom is 0.251 e. The molecule has 1 unspecified atom stereocenters. The Labute approximate surface area is 116 Å². The predicted octanol–water partition coefficient (Wildman–Crippen LogP) is 2.63. The summed E-state index contributed by atoms with van der Waals surface area (Å²) < 4.78 is 0. The summed E-state index contributed by atoms with van der Waals surface area (Å²) in [6.07, 6.45) is -0.945. The number of benzene rings is 1. The third-order valence-corrected chi connectivity index (χ3v) is 3.35. The molecule has 0 heterocycles. The van der Waals surface area contributed by atoms with Crippen molar-refractivity contribution < 1.29 is 9.90 Å². The van der Waals surface area contributed by atoms with E-state index in [0.29, 0.717) is 6.54 Å². The van der Waals surface area contributed by atoms with Gasteiger partial charge in [-0.3, -0.25) is 4.79 Å². The molecule has 0 aliphatic carbocycles. The van der Waals surface area contributed by atoms with Gasteiger partial charge in [0.1, 0.15) is 6.10 Å². The fourth-order valence-corrected chi connectivity index (χ4v) is 1.99. The van der Waals surface area contributed by atoms with E-state index in [2.05, 4.69) is 45.9 Å². The van der Waals surface area contributed by atoms with Crippen molar-refractivity contribution in [3.63, 3.8) is 0 Å². The molecule has 1 amide bonds. The topological polar surface area (TPSA) is 40.5 Å². The third kappa shape index (κ3) is 4.06. The molecule has 0 fully saturated rings. The average molecular weight is 263 g/mol. The van der Waals surface area contributed by atoms with Crippen LogP contribution in [0.15, 0.2) is 18.2 Å². The average Bonchev–Trinajstić information content (AvgIpc) is 2.29. The number of aliphatic hydroxyl groups excluding tert-OH is 1. The van der Waals surface area contributed by atoms with Crippen LogP contribution in [0.5, 0.6) is 0 Å². The second-order valence-corrected chi connectivity index (χ2v) is 6.26.